The lowest BCUT2D eigenvalue weighted by Gasteiger charge is -2.05. The smallest absolute Gasteiger partial charge is 0.264 e. The standard InChI is InChI=1S/C25H23N3O3S2/c1-2-26-33(30,31)17-19-10-14-22(15-11-19)27-25-28-24(29)23(32-25)16-18-8-12-21(13-9-18)20-6-4-3-5-7-20/h3-16,26H,2,17H2,1H3,(H,27,28,29). The van der Waals surface area contributed by atoms with E-state index < -0.39 is 10.0 Å². The predicted octanol–water partition coefficient (Wildman–Crippen LogP) is 4.68. The molecule has 1 heterocycles. The van der Waals surface area contributed by atoms with Gasteiger partial charge in [0.15, 0.2) is 5.17 Å². The molecule has 1 aliphatic heterocycles. The molecule has 2 N–H and O–H groups in total. The SMILES string of the molecule is CCNS(=O)(=O)Cc1ccc(N=C2NC(=O)C(=Cc3ccc(-c4ccccc4)cc3)S2)cc1. The quantitative estimate of drug-likeness (QED) is 0.484. The van der Waals surface area contributed by atoms with Crippen molar-refractivity contribution in [2.24, 2.45) is 4.99 Å². The lowest BCUT2D eigenvalue weighted by atomic mass is 10.0. The molecule has 0 aromatic heterocycles. The van der Waals surface area contributed by atoms with E-state index in [0.717, 1.165) is 16.7 Å². The molecule has 0 spiro atoms. The number of hydrogen-bond acceptors (Lipinski definition) is 5. The summed E-state index contributed by atoms with van der Waals surface area (Å²) in [5, 5.41) is 3.27. The van der Waals surface area contributed by atoms with Crippen LogP contribution < -0.4 is 10.0 Å². The molecule has 3 aromatic carbocycles. The molecule has 1 aliphatic rings. The van der Waals surface area contributed by atoms with Crippen molar-refractivity contribution in [2.45, 2.75) is 12.7 Å². The molecule has 0 atom stereocenters. The fourth-order valence-corrected chi connectivity index (χ4v) is 5.32. The normalized spacial score (nSPS) is 16.3. The Balaban J connectivity index is 1.44. The molecule has 1 amide bonds. The Labute approximate surface area is 197 Å². The van der Waals surface area contributed by atoms with Gasteiger partial charge in [-0.15, -0.1) is 0 Å². The van der Waals surface area contributed by atoms with Crippen LogP contribution in [0.2, 0.25) is 0 Å². The highest BCUT2D eigenvalue weighted by Gasteiger charge is 2.23. The Morgan fingerprint density at radius 1 is 0.939 bits per heavy atom. The van der Waals surface area contributed by atoms with Gasteiger partial charge in [0.2, 0.25) is 10.0 Å². The number of sulfonamides is 1. The zero-order valence-corrected chi connectivity index (χ0v) is 19.6. The molecule has 0 unspecified atom stereocenters. The van der Waals surface area contributed by atoms with E-state index in [4.69, 9.17) is 0 Å². The first-order chi connectivity index (χ1) is 15.9. The number of carbonyl (C=O) groups is 1. The molecule has 1 fully saturated rings. The van der Waals surface area contributed by atoms with Crippen LogP contribution >= 0.6 is 11.8 Å². The van der Waals surface area contributed by atoms with Crippen LogP contribution in [0.3, 0.4) is 0 Å². The number of rotatable bonds is 7. The van der Waals surface area contributed by atoms with Crippen LogP contribution in [-0.4, -0.2) is 26.0 Å². The fourth-order valence-electron chi connectivity index (χ4n) is 3.31. The van der Waals surface area contributed by atoms with Gasteiger partial charge in [0.05, 0.1) is 16.3 Å². The summed E-state index contributed by atoms with van der Waals surface area (Å²) in [6.07, 6.45) is 1.84. The van der Waals surface area contributed by atoms with Crippen molar-refractivity contribution in [3.8, 4) is 11.1 Å². The van der Waals surface area contributed by atoms with Gasteiger partial charge in [-0.3, -0.25) is 4.79 Å². The molecule has 8 heteroatoms. The Morgan fingerprint density at radius 2 is 1.61 bits per heavy atom. The van der Waals surface area contributed by atoms with Gasteiger partial charge in [-0.25, -0.2) is 18.1 Å². The number of amidine groups is 1. The van der Waals surface area contributed by atoms with Gasteiger partial charge in [-0.05, 0) is 52.2 Å². The van der Waals surface area contributed by atoms with Crippen LogP contribution in [0.25, 0.3) is 17.2 Å². The number of nitrogens with zero attached hydrogens (tertiary/aromatic N) is 1. The van der Waals surface area contributed by atoms with E-state index >= 15 is 0 Å². The van der Waals surface area contributed by atoms with Crippen molar-refractivity contribution in [2.75, 3.05) is 6.54 Å². The predicted molar refractivity (Wildman–Crippen MR) is 135 cm³/mol. The lowest BCUT2D eigenvalue weighted by Crippen LogP contribution is -2.24. The van der Waals surface area contributed by atoms with Crippen LogP contribution in [0.1, 0.15) is 18.1 Å². The third-order valence-electron chi connectivity index (χ3n) is 4.85. The summed E-state index contributed by atoms with van der Waals surface area (Å²) in [5.74, 6) is -0.279. The Kier molecular flexibility index (Phi) is 7.08. The van der Waals surface area contributed by atoms with Gasteiger partial charge in [-0.2, -0.15) is 0 Å². The number of aliphatic imine (C=N–C) groups is 1. The maximum Gasteiger partial charge on any atom is 0.264 e. The third kappa shape index (κ3) is 6.19. The average Bonchev–Trinajstić information content (AvgIpc) is 3.14. The van der Waals surface area contributed by atoms with E-state index in [9.17, 15) is 13.2 Å². The number of thioether (sulfide) groups is 1. The van der Waals surface area contributed by atoms with Gasteiger partial charge in [0, 0.05) is 6.54 Å². The zero-order valence-electron chi connectivity index (χ0n) is 18.0. The third-order valence-corrected chi connectivity index (χ3v) is 7.21. The molecule has 1 saturated heterocycles. The molecule has 0 aliphatic carbocycles. The molecule has 168 valence electrons. The summed E-state index contributed by atoms with van der Waals surface area (Å²) in [6, 6.07) is 25.1. The van der Waals surface area contributed by atoms with Crippen LogP contribution in [0.15, 0.2) is 88.8 Å². The summed E-state index contributed by atoms with van der Waals surface area (Å²) < 4.78 is 26.2. The molecular formula is C25H23N3O3S2. The van der Waals surface area contributed by atoms with Crippen LogP contribution in [-0.2, 0) is 20.6 Å². The average molecular weight is 478 g/mol. The number of amides is 1. The molecule has 33 heavy (non-hydrogen) atoms. The first-order valence-electron chi connectivity index (χ1n) is 10.4. The number of benzene rings is 3. The monoisotopic (exact) mass is 477 g/mol. The van der Waals surface area contributed by atoms with E-state index in [1.54, 1.807) is 31.2 Å². The summed E-state index contributed by atoms with van der Waals surface area (Å²) in [6.45, 7) is 2.10. The maximum atomic E-state index is 12.4. The van der Waals surface area contributed by atoms with E-state index in [2.05, 4.69) is 27.2 Å². The van der Waals surface area contributed by atoms with Gasteiger partial charge in [0.25, 0.3) is 5.91 Å². The van der Waals surface area contributed by atoms with Gasteiger partial charge >= 0.3 is 0 Å². The van der Waals surface area contributed by atoms with E-state index in [1.165, 1.54) is 11.8 Å². The summed E-state index contributed by atoms with van der Waals surface area (Å²) in [4.78, 5) is 17.4. The van der Waals surface area contributed by atoms with Crippen molar-refractivity contribution in [1.29, 1.82) is 0 Å². The zero-order chi connectivity index (χ0) is 23.3. The molecule has 4 rings (SSSR count). The van der Waals surface area contributed by atoms with E-state index in [-0.39, 0.29) is 11.7 Å². The minimum absolute atomic E-state index is 0.0842. The molecular weight excluding hydrogens is 454 g/mol. The van der Waals surface area contributed by atoms with Crippen LogP contribution in [0.5, 0.6) is 0 Å². The van der Waals surface area contributed by atoms with E-state index in [1.807, 2.05) is 48.5 Å². The van der Waals surface area contributed by atoms with Crippen LogP contribution in [0.4, 0.5) is 5.69 Å². The highest BCUT2D eigenvalue weighted by molar-refractivity contribution is 8.18. The molecule has 0 radical (unpaired) electrons. The van der Waals surface area contributed by atoms with Crippen molar-refractivity contribution >= 4 is 44.6 Å². The molecule has 0 saturated carbocycles. The van der Waals surface area contributed by atoms with Gasteiger partial charge in [-0.1, -0.05) is 73.7 Å². The maximum absolute atomic E-state index is 12.4. The van der Waals surface area contributed by atoms with Crippen molar-refractivity contribution in [1.82, 2.24) is 10.0 Å². The molecule has 3 aromatic rings. The number of nitrogens with one attached hydrogen (secondary N) is 2. The lowest BCUT2D eigenvalue weighted by molar-refractivity contribution is -0.115. The summed E-state index contributed by atoms with van der Waals surface area (Å²) in [7, 11) is -3.34. The fraction of sp³-hybridized carbons (Fsp3) is 0.120. The largest absolute Gasteiger partial charge is 0.300 e. The Bertz CT molecular complexity index is 1300. The summed E-state index contributed by atoms with van der Waals surface area (Å²) >= 11 is 1.27. The first kappa shape index (κ1) is 23.0. The molecule has 0 bridgehead atoms. The van der Waals surface area contributed by atoms with Crippen molar-refractivity contribution in [3.63, 3.8) is 0 Å². The second-order valence-electron chi connectivity index (χ2n) is 7.39. The minimum Gasteiger partial charge on any atom is -0.300 e. The second kappa shape index (κ2) is 10.2. The highest BCUT2D eigenvalue weighted by atomic mass is 32.2. The highest BCUT2D eigenvalue weighted by Crippen LogP contribution is 2.29. The Hall–Kier alpha value is -3.20. The van der Waals surface area contributed by atoms with Gasteiger partial charge in [0.1, 0.15) is 0 Å². The summed E-state index contributed by atoms with van der Waals surface area (Å²) in [5.41, 5.74) is 4.49. The topological polar surface area (TPSA) is 87.6 Å². The second-order valence-corrected chi connectivity index (χ2v) is 10.2. The number of carbonyl (C=O) groups excluding carboxylic acids is 1. The van der Waals surface area contributed by atoms with Crippen LogP contribution in [0, 0.1) is 0 Å². The minimum atomic E-state index is -3.34. The first-order valence-corrected chi connectivity index (χ1v) is 12.9. The van der Waals surface area contributed by atoms with Crippen molar-refractivity contribution in [3.05, 3.63) is 94.9 Å². The Morgan fingerprint density at radius 3 is 2.27 bits per heavy atom. The van der Waals surface area contributed by atoms with Crippen molar-refractivity contribution < 1.29 is 13.2 Å². The van der Waals surface area contributed by atoms with E-state index in [0.29, 0.717) is 27.9 Å². The molecule has 6 nitrogen and oxygen atoms in total. The number of hydrogen-bond donors (Lipinski definition) is 2. The van der Waals surface area contributed by atoms with Gasteiger partial charge < -0.3 is 5.32 Å².